The van der Waals surface area contributed by atoms with Gasteiger partial charge >= 0.3 is 0 Å². The molecule has 0 saturated heterocycles. The van der Waals surface area contributed by atoms with Crippen molar-refractivity contribution in [2.24, 2.45) is 11.1 Å². The molecule has 0 aliphatic carbocycles. The number of rotatable bonds is 4. The molecule has 3 heteroatoms. The summed E-state index contributed by atoms with van der Waals surface area (Å²) < 4.78 is 5.82. The molecule has 0 saturated carbocycles. The third-order valence-corrected chi connectivity index (χ3v) is 3.51. The van der Waals surface area contributed by atoms with E-state index in [2.05, 4.69) is 20.8 Å². The van der Waals surface area contributed by atoms with Crippen molar-refractivity contribution in [1.82, 2.24) is 0 Å². The number of nitrogens with two attached hydrogens (primary N) is 1. The van der Waals surface area contributed by atoms with Crippen molar-refractivity contribution in [3.05, 3.63) is 34.3 Å². The van der Waals surface area contributed by atoms with Crippen LogP contribution in [-0.4, -0.2) is 12.7 Å². The highest BCUT2D eigenvalue weighted by Crippen LogP contribution is 2.32. The van der Waals surface area contributed by atoms with Gasteiger partial charge in [-0.1, -0.05) is 44.5 Å². The molecule has 2 atom stereocenters. The molecule has 0 bridgehead atoms. The summed E-state index contributed by atoms with van der Waals surface area (Å²) in [6.07, 6.45) is -0.0266. The fraction of sp³-hybridized carbons (Fsp3) is 0.600. The van der Waals surface area contributed by atoms with Crippen LogP contribution in [0.25, 0.3) is 0 Å². The van der Waals surface area contributed by atoms with Gasteiger partial charge in [-0.05, 0) is 36.5 Å². The molecule has 2 unspecified atom stereocenters. The van der Waals surface area contributed by atoms with Crippen molar-refractivity contribution in [2.75, 3.05) is 6.61 Å². The van der Waals surface area contributed by atoms with E-state index in [4.69, 9.17) is 22.1 Å². The molecule has 0 amide bonds. The van der Waals surface area contributed by atoms with Crippen molar-refractivity contribution in [3.63, 3.8) is 0 Å². The summed E-state index contributed by atoms with van der Waals surface area (Å²) in [5, 5.41) is 0.757. The maximum atomic E-state index is 6.35. The molecule has 0 heterocycles. The minimum Gasteiger partial charge on any atom is -0.376 e. The Labute approximate surface area is 115 Å². The van der Waals surface area contributed by atoms with E-state index < -0.39 is 0 Å². The van der Waals surface area contributed by atoms with E-state index in [1.165, 1.54) is 0 Å². The van der Waals surface area contributed by atoms with Crippen LogP contribution in [-0.2, 0) is 4.74 Å². The molecule has 0 spiro atoms. The van der Waals surface area contributed by atoms with Crippen LogP contribution in [0.3, 0.4) is 0 Å². The van der Waals surface area contributed by atoms with Gasteiger partial charge in [0.25, 0.3) is 0 Å². The average Bonchev–Trinajstić information content (AvgIpc) is 2.27. The Balaban J connectivity index is 3.01. The summed E-state index contributed by atoms with van der Waals surface area (Å²) in [4.78, 5) is 0. The van der Waals surface area contributed by atoms with Gasteiger partial charge in [0, 0.05) is 11.6 Å². The van der Waals surface area contributed by atoms with Crippen LogP contribution in [0.2, 0.25) is 5.02 Å². The summed E-state index contributed by atoms with van der Waals surface area (Å²) in [5.74, 6) is 0. The Bertz CT molecular complexity index is 398. The molecule has 0 aliphatic rings. The zero-order valence-corrected chi connectivity index (χ0v) is 12.7. The number of aryl methyl sites for hydroxylation is 1. The summed E-state index contributed by atoms with van der Waals surface area (Å²) >= 11 is 6.16. The first-order chi connectivity index (χ1) is 8.27. The summed E-state index contributed by atoms with van der Waals surface area (Å²) in [7, 11) is 0. The number of halogens is 1. The van der Waals surface area contributed by atoms with Crippen molar-refractivity contribution in [3.8, 4) is 0 Å². The van der Waals surface area contributed by atoms with E-state index >= 15 is 0 Å². The van der Waals surface area contributed by atoms with Crippen molar-refractivity contribution in [1.29, 1.82) is 0 Å². The zero-order chi connectivity index (χ0) is 13.9. The number of hydrogen-bond donors (Lipinski definition) is 1. The first kappa shape index (κ1) is 15.5. The van der Waals surface area contributed by atoms with Crippen LogP contribution in [0.15, 0.2) is 18.2 Å². The van der Waals surface area contributed by atoms with Gasteiger partial charge in [-0.3, -0.25) is 0 Å². The molecule has 1 aromatic rings. The minimum absolute atomic E-state index is 0.00715. The third-order valence-electron chi connectivity index (χ3n) is 3.11. The first-order valence-electron chi connectivity index (χ1n) is 6.40. The van der Waals surface area contributed by atoms with Crippen molar-refractivity contribution in [2.45, 2.75) is 46.8 Å². The highest BCUT2D eigenvalue weighted by Gasteiger charge is 2.31. The van der Waals surface area contributed by atoms with E-state index in [1.807, 2.05) is 32.0 Å². The molecular weight excluding hydrogens is 246 g/mol. The predicted molar refractivity (Wildman–Crippen MR) is 78.0 cm³/mol. The van der Waals surface area contributed by atoms with Crippen molar-refractivity contribution < 1.29 is 4.74 Å². The van der Waals surface area contributed by atoms with Crippen LogP contribution in [0.5, 0.6) is 0 Å². The molecule has 1 rings (SSSR count). The number of benzene rings is 1. The van der Waals surface area contributed by atoms with Crippen LogP contribution in [0.1, 0.15) is 44.9 Å². The first-order valence-corrected chi connectivity index (χ1v) is 6.78. The average molecular weight is 270 g/mol. The van der Waals surface area contributed by atoms with Gasteiger partial charge in [-0.2, -0.15) is 0 Å². The highest BCUT2D eigenvalue weighted by atomic mass is 35.5. The van der Waals surface area contributed by atoms with Gasteiger partial charge in [0.1, 0.15) is 0 Å². The smallest absolute Gasteiger partial charge is 0.0815 e. The number of ether oxygens (including phenoxy) is 1. The Morgan fingerprint density at radius 3 is 2.39 bits per heavy atom. The highest BCUT2D eigenvalue weighted by molar-refractivity contribution is 6.31. The van der Waals surface area contributed by atoms with Crippen LogP contribution >= 0.6 is 11.6 Å². The molecule has 0 radical (unpaired) electrons. The second-order valence-electron chi connectivity index (χ2n) is 5.78. The van der Waals surface area contributed by atoms with Crippen molar-refractivity contribution >= 4 is 11.6 Å². The Morgan fingerprint density at radius 1 is 1.33 bits per heavy atom. The largest absolute Gasteiger partial charge is 0.376 e. The maximum Gasteiger partial charge on any atom is 0.0815 e. The van der Waals surface area contributed by atoms with E-state index in [1.54, 1.807) is 0 Å². The van der Waals surface area contributed by atoms with E-state index in [9.17, 15) is 0 Å². The van der Waals surface area contributed by atoms with Crippen LogP contribution < -0.4 is 5.73 Å². The molecule has 0 aromatic heterocycles. The maximum absolute atomic E-state index is 6.35. The Hall–Kier alpha value is -0.570. The Morgan fingerprint density at radius 2 is 1.94 bits per heavy atom. The summed E-state index contributed by atoms with van der Waals surface area (Å²) in [6, 6.07) is 5.81. The molecule has 102 valence electrons. The molecule has 2 N–H and O–H groups in total. The lowest BCUT2D eigenvalue weighted by Gasteiger charge is -2.35. The normalized spacial score (nSPS) is 15.5. The monoisotopic (exact) mass is 269 g/mol. The predicted octanol–water partition coefficient (Wildman–Crippen LogP) is 4.10. The van der Waals surface area contributed by atoms with E-state index in [0.717, 1.165) is 16.1 Å². The van der Waals surface area contributed by atoms with Gasteiger partial charge < -0.3 is 10.5 Å². The second kappa shape index (κ2) is 6.05. The Kier molecular flexibility index (Phi) is 5.20. The van der Waals surface area contributed by atoms with Crippen LogP contribution in [0.4, 0.5) is 0 Å². The standard InChI is InChI=1S/C15H24ClNO/c1-6-18-14(15(3,4)5)13(17)11-8-7-10(2)12(16)9-11/h7-9,13-14H,6,17H2,1-5H3. The second-order valence-corrected chi connectivity index (χ2v) is 6.18. The summed E-state index contributed by atoms with van der Waals surface area (Å²) in [5.41, 5.74) is 8.43. The fourth-order valence-corrected chi connectivity index (χ4v) is 2.25. The van der Waals surface area contributed by atoms with E-state index in [0.29, 0.717) is 6.61 Å². The van der Waals surface area contributed by atoms with Gasteiger partial charge in [0.2, 0.25) is 0 Å². The van der Waals surface area contributed by atoms with Gasteiger partial charge in [0.15, 0.2) is 0 Å². The fourth-order valence-electron chi connectivity index (χ4n) is 2.06. The quantitative estimate of drug-likeness (QED) is 0.893. The van der Waals surface area contributed by atoms with Gasteiger partial charge in [0.05, 0.1) is 12.1 Å². The van der Waals surface area contributed by atoms with Gasteiger partial charge in [-0.15, -0.1) is 0 Å². The molecule has 1 aromatic carbocycles. The third kappa shape index (κ3) is 3.71. The SMILES string of the molecule is CCOC(C(N)c1ccc(C)c(Cl)c1)C(C)(C)C. The lowest BCUT2D eigenvalue weighted by Crippen LogP contribution is -2.39. The van der Waals surface area contributed by atoms with Gasteiger partial charge in [-0.25, -0.2) is 0 Å². The summed E-state index contributed by atoms with van der Waals surface area (Å²) in [6.45, 7) is 11.1. The van der Waals surface area contributed by atoms with E-state index in [-0.39, 0.29) is 17.6 Å². The molecule has 2 nitrogen and oxygen atoms in total. The lowest BCUT2D eigenvalue weighted by atomic mass is 9.82. The van der Waals surface area contributed by atoms with Crippen LogP contribution in [0, 0.1) is 12.3 Å². The lowest BCUT2D eigenvalue weighted by molar-refractivity contribution is -0.0283. The molecule has 0 fully saturated rings. The topological polar surface area (TPSA) is 35.2 Å². The number of hydrogen-bond acceptors (Lipinski definition) is 2. The minimum atomic E-state index is -0.164. The zero-order valence-electron chi connectivity index (χ0n) is 12.0. The molecule has 0 aliphatic heterocycles. The molecular formula is C15H24ClNO. The molecule has 18 heavy (non-hydrogen) atoms.